The number of allylic oxidation sites excluding steroid dienone is 1. The summed E-state index contributed by atoms with van der Waals surface area (Å²) in [6.07, 6.45) is 5.79. The SMILES string of the molecule is [2H]c1c([2H])c([2H])c(-c2cc(-c3cc(-c4ccc5c(c4)-c4ccccc4C5(C)C)cc(-c4cnc5c(N)c(/C=C\C)ccc5c4)c3)nc3ccccc23)c([2H])c1[2H]. The van der Waals surface area contributed by atoms with E-state index in [9.17, 15) is 0 Å². The van der Waals surface area contributed by atoms with Crippen LogP contribution in [-0.2, 0) is 5.41 Å². The Morgan fingerprint density at radius 2 is 1.39 bits per heavy atom. The number of para-hydroxylation sites is 1. The number of nitrogens with two attached hydrogens (primary N) is 1. The number of benzene rings is 6. The molecule has 0 atom stereocenters. The molecular formula is C48H37N3. The summed E-state index contributed by atoms with van der Waals surface area (Å²) in [4.78, 5) is 9.99. The second kappa shape index (κ2) is 11.9. The fraction of sp³-hybridized carbons (Fsp3) is 0.0833. The van der Waals surface area contributed by atoms with Gasteiger partial charge in [-0.25, -0.2) is 4.98 Å². The van der Waals surface area contributed by atoms with E-state index in [0.717, 1.165) is 44.3 Å². The third kappa shape index (κ3) is 5.13. The van der Waals surface area contributed by atoms with Gasteiger partial charge in [-0.15, -0.1) is 0 Å². The van der Waals surface area contributed by atoms with Crippen molar-refractivity contribution in [1.29, 1.82) is 0 Å². The average Bonchev–Trinajstić information content (AvgIpc) is 3.45. The summed E-state index contributed by atoms with van der Waals surface area (Å²) < 4.78 is 42.8. The standard InChI is InChI=1S/C48H37N3/c1-4-12-31-19-20-33-23-37(29-50-47(33)46(31)49)35-24-34(32-21-22-43-41(27-32)38-15-8-10-17-42(38)48(43,2)3)25-36(26-35)45-28-40(30-13-6-5-7-14-30)39-16-9-11-18-44(39)51-45/h4-29H,49H2,1-3H3/b12-4-/i5D,6D,7D,13D,14D. The first kappa shape index (κ1) is 25.6. The van der Waals surface area contributed by atoms with E-state index in [-0.39, 0.29) is 35.1 Å². The van der Waals surface area contributed by atoms with Gasteiger partial charge in [0.05, 0.1) is 29.3 Å². The van der Waals surface area contributed by atoms with Crippen molar-refractivity contribution in [2.45, 2.75) is 26.2 Å². The molecule has 3 heteroatoms. The molecule has 0 bridgehead atoms. The van der Waals surface area contributed by atoms with Crippen molar-refractivity contribution in [2.75, 3.05) is 5.73 Å². The first-order valence-electron chi connectivity index (χ1n) is 19.6. The highest BCUT2D eigenvalue weighted by Crippen LogP contribution is 2.50. The number of rotatable bonds is 5. The summed E-state index contributed by atoms with van der Waals surface area (Å²) >= 11 is 0. The highest BCUT2D eigenvalue weighted by molar-refractivity contribution is 5.98. The van der Waals surface area contributed by atoms with Gasteiger partial charge in [-0.2, -0.15) is 0 Å². The predicted octanol–water partition coefficient (Wildman–Crippen LogP) is 12.4. The van der Waals surface area contributed by atoms with E-state index in [0.29, 0.717) is 27.8 Å². The summed E-state index contributed by atoms with van der Waals surface area (Å²) in [7, 11) is 0. The summed E-state index contributed by atoms with van der Waals surface area (Å²) in [5, 5.41) is 1.61. The normalized spacial score (nSPS) is 14.5. The summed E-state index contributed by atoms with van der Waals surface area (Å²) in [6, 6.07) is 35.5. The van der Waals surface area contributed by atoms with Crippen molar-refractivity contribution in [3.8, 4) is 55.8 Å². The van der Waals surface area contributed by atoms with Gasteiger partial charge in [-0.3, -0.25) is 4.98 Å². The topological polar surface area (TPSA) is 51.8 Å². The molecular weight excluding hydrogens is 619 g/mol. The maximum absolute atomic E-state index is 8.86. The smallest absolute Gasteiger partial charge is 0.0937 e. The molecule has 51 heavy (non-hydrogen) atoms. The average molecular weight is 661 g/mol. The van der Waals surface area contributed by atoms with Gasteiger partial charge in [-0.05, 0) is 105 Å². The number of aromatic nitrogens is 2. The Bertz CT molecular complexity index is 2960. The molecule has 8 aromatic rings. The fourth-order valence-corrected chi connectivity index (χ4v) is 7.65. The Hall–Kier alpha value is -6.32. The lowest BCUT2D eigenvalue weighted by molar-refractivity contribution is 0.660. The summed E-state index contributed by atoms with van der Waals surface area (Å²) in [5.74, 6) is 0. The maximum Gasteiger partial charge on any atom is 0.0937 e. The lowest BCUT2D eigenvalue weighted by Gasteiger charge is -2.21. The van der Waals surface area contributed by atoms with Crippen LogP contribution >= 0.6 is 0 Å². The predicted molar refractivity (Wildman–Crippen MR) is 215 cm³/mol. The van der Waals surface area contributed by atoms with Crippen molar-refractivity contribution >= 4 is 33.6 Å². The Morgan fingerprint density at radius 3 is 2.24 bits per heavy atom. The second-order valence-electron chi connectivity index (χ2n) is 13.7. The summed E-state index contributed by atoms with van der Waals surface area (Å²) in [5.41, 5.74) is 20.3. The van der Waals surface area contributed by atoms with Crippen molar-refractivity contribution in [1.82, 2.24) is 9.97 Å². The molecule has 1 aliphatic rings. The molecule has 1 aliphatic carbocycles. The highest BCUT2D eigenvalue weighted by atomic mass is 14.7. The number of pyridine rings is 2. The van der Waals surface area contributed by atoms with Gasteiger partial charge in [0.15, 0.2) is 0 Å². The van der Waals surface area contributed by atoms with E-state index < -0.39 is 6.04 Å². The minimum atomic E-state index is -0.427. The Morgan fingerprint density at radius 1 is 0.647 bits per heavy atom. The lowest BCUT2D eigenvalue weighted by Crippen LogP contribution is -2.14. The first-order chi connectivity index (χ1) is 27.0. The van der Waals surface area contributed by atoms with Crippen LogP contribution in [0.2, 0.25) is 0 Å². The quantitative estimate of drug-likeness (QED) is 0.187. The number of nitrogen functional groups attached to an aromatic ring is 1. The zero-order chi connectivity index (χ0) is 39.0. The molecule has 2 N–H and O–H groups in total. The van der Waals surface area contributed by atoms with Crippen LogP contribution in [0.5, 0.6) is 0 Å². The Kier molecular flexibility index (Phi) is 5.99. The van der Waals surface area contributed by atoms with Crippen LogP contribution in [0.25, 0.3) is 83.6 Å². The second-order valence-corrected chi connectivity index (χ2v) is 13.7. The van der Waals surface area contributed by atoms with Crippen LogP contribution in [-0.4, -0.2) is 9.97 Å². The van der Waals surface area contributed by atoms with Gasteiger partial charge in [0.1, 0.15) is 0 Å². The zero-order valence-electron chi connectivity index (χ0n) is 33.6. The number of anilines is 1. The van der Waals surface area contributed by atoms with Crippen LogP contribution in [0.15, 0.2) is 152 Å². The molecule has 3 nitrogen and oxygen atoms in total. The molecule has 0 saturated heterocycles. The van der Waals surface area contributed by atoms with Gasteiger partial charge in [0.2, 0.25) is 0 Å². The van der Waals surface area contributed by atoms with E-state index in [1.54, 1.807) is 0 Å². The fourth-order valence-electron chi connectivity index (χ4n) is 7.65. The van der Waals surface area contributed by atoms with Gasteiger partial charge in [-0.1, -0.05) is 123 Å². The van der Waals surface area contributed by atoms with Crippen LogP contribution in [0.3, 0.4) is 0 Å². The molecule has 0 aliphatic heterocycles. The van der Waals surface area contributed by atoms with Crippen molar-refractivity contribution < 1.29 is 6.85 Å². The van der Waals surface area contributed by atoms with E-state index in [1.807, 2.05) is 67.7 Å². The van der Waals surface area contributed by atoms with E-state index >= 15 is 0 Å². The van der Waals surface area contributed by atoms with Crippen molar-refractivity contribution in [3.05, 3.63) is 168 Å². The summed E-state index contributed by atoms with van der Waals surface area (Å²) in [6.45, 7) is 6.51. The Balaban J connectivity index is 1.29. The molecule has 0 radical (unpaired) electrons. The minimum Gasteiger partial charge on any atom is -0.396 e. The minimum absolute atomic E-state index is 0.127. The monoisotopic (exact) mass is 660 g/mol. The van der Waals surface area contributed by atoms with E-state index in [2.05, 4.69) is 80.6 Å². The molecule has 0 unspecified atom stereocenters. The third-order valence-electron chi connectivity index (χ3n) is 10.2. The first-order valence-corrected chi connectivity index (χ1v) is 17.1. The molecule has 0 spiro atoms. The van der Waals surface area contributed by atoms with Crippen LogP contribution in [0.4, 0.5) is 5.69 Å². The van der Waals surface area contributed by atoms with E-state index in [1.165, 1.54) is 22.3 Å². The molecule has 9 rings (SSSR count). The Labute approximate surface area is 305 Å². The maximum atomic E-state index is 8.86. The van der Waals surface area contributed by atoms with Crippen molar-refractivity contribution in [3.63, 3.8) is 0 Å². The third-order valence-corrected chi connectivity index (χ3v) is 10.2. The largest absolute Gasteiger partial charge is 0.396 e. The molecule has 244 valence electrons. The van der Waals surface area contributed by atoms with Crippen LogP contribution < -0.4 is 5.73 Å². The number of nitrogens with zero attached hydrogens (tertiary/aromatic N) is 2. The number of hydrogen-bond donors (Lipinski definition) is 1. The molecule has 6 aromatic carbocycles. The van der Waals surface area contributed by atoms with Crippen LogP contribution in [0, 0.1) is 0 Å². The number of fused-ring (bicyclic) bond motifs is 5. The molecule has 0 fully saturated rings. The molecule has 0 amide bonds. The molecule has 0 saturated carbocycles. The molecule has 2 aromatic heterocycles. The van der Waals surface area contributed by atoms with Gasteiger partial charge < -0.3 is 5.73 Å². The zero-order valence-corrected chi connectivity index (χ0v) is 28.6. The lowest BCUT2D eigenvalue weighted by atomic mass is 9.82. The number of hydrogen-bond acceptors (Lipinski definition) is 3. The van der Waals surface area contributed by atoms with Crippen molar-refractivity contribution in [2.24, 2.45) is 0 Å². The van der Waals surface area contributed by atoms with Gasteiger partial charge in [0.25, 0.3) is 0 Å². The van der Waals surface area contributed by atoms with Gasteiger partial charge >= 0.3 is 0 Å². The van der Waals surface area contributed by atoms with Crippen LogP contribution in [0.1, 0.15) is 44.3 Å². The van der Waals surface area contributed by atoms with Gasteiger partial charge in [0, 0.05) is 33.5 Å². The van der Waals surface area contributed by atoms with E-state index in [4.69, 9.17) is 22.6 Å². The highest BCUT2D eigenvalue weighted by Gasteiger charge is 2.35. The molecule has 2 heterocycles.